The van der Waals surface area contributed by atoms with Gasteiger partial charge in [-0.25, -0.2) is 4.79 Å². The van der Waals surface area contributed by atoms with E-state index in [0.717, 1.165) is 28.3 Å². The van der Waals surface area contributed by atoms with Crippen LogP contribution in [-0.4, -0.2) is 30.1 Å². The van der Waals surface area contributed by atoms with E-state index in [2.05, 4.69) is 22.3 Å². The second kappa shape index (κ2) is 7.91. The number of carboxylic acid groups (broad SMARTS) is 1. The van der Waals surface area contributed by atoms with Gasteiger partial charge in [-0.15, -0.1) is 0 Å². The molecule has 30 heavy (non-hydrogen) atoms. The van der Waals surface area contributed by atoms with Crippen molar-refractivity contribution in [1.82, 2.24) is 0 Å². The van der Waals surface area contributed by atoms with E-state index in [0.29, 0.717) is 6.54 Å². The van der Waals surface area contributed by atoms with E-state index >= 15 is 0 Å². The summed E-state index contributed by atoms with van der Waals surface area (Å²) in [5, 5.41) is 12.4. The minimum atomic E-state index is -0.950. The lowest BCUT2D eigenvalue weighted by Crippen LogP contribution is -2.50. The fraction of sp³-hybridized carbons (Fsp3) is 0.167. The summed E-state index contributed by atoms with van der Waals surface area (Å²) in [5.41, 5.74) is 4.87. The molecule has 152 valence electrons. The number of fused-ring (bicyclic) bond motifs is 1. The SMILES string of the molecule is CC1C(=O)N(C)c2ccc(Nc3ccc(C(=O)O)cc3)cc2N1Cc1ccccc1. The highest BCUT2D eigenvalue weighted by atomic mass is 16.4. The van der Waals surface area contributed by atoms with Gasteiger partial charge >= 0.3 is 5.97 Å². The number of nitrogens with zero attached hydrogens (tertiary/aromatic N) is 2. The second-order valence-electron chi connectivity index (χ2n) is 7.40. The molecule has 0 fully saturated rings. The number of amides is 1. The first kappa shape index (κ1) is 19.5. The van der Waals surface area contributed by atoms with E-state index in [1.54, 1.807) is 36.2 Å². The molecule has 0 radical (unpaired) electrons. The van der Waals surface area contributed by atoms with Gasteiger partial charge < -0.3 is 20.2 Å². The Balaban J connectivity index is 1.66. The average molecular weight is 401 g/mol. The Kier molecular flexibility index (Phi) is 5.14. The molecule has 6 nitrogen and oxygen atoms in total. The number of likely N-dealkylation sites (N-methyl/N-ethyl adjacent to an activating group) is 1. The van der Waals surface area contributed by atoms with Gasteiger partial charge in [-0.1, -0.05) is 30.3 Å². The van der Waals surface area contributed by atoms with Gasteiger partial charge in [0.1, 0.15) is 6.04 Å². The predicted octanol–water partition coefficient (Wildman–Crippen LogP) is 4.50. The Morgan fingerprint density at radius 1 is 0.967 bits per heavy atom. The standard InChI is InChI=1S/C24H23N3O3/c1-16-23(28)26(2)21-13-12-20(25-19-10-8-18(9-11-19)24(29)30)14-22(21)27(16)15-17-6-4-3-5-7-17/h3-14,16,25H,15H2,1-2H3,(H,29,30). The van der Waals surface area contributed by atoms with E-state index in [1.807, 2.05) is 43.3 Å². The Morgan fingerprint density at radius 3 is 2.30 bits per heavy atom. The molecule has 1 unspecified atom stereocenters. The largest absolute Gasteiger partial charge is 0.478 e. The number of nitrogens with one attached hydrogen (secondary N) is 1. The van der Waals surface area contributed by atoms with E-state index in [9.17, 15) is 9.59 Å². The van der Waals surface area contributed by atoms with E-state index < -0.39 is 5.97 Å². The molecule has 2 N–H and O–H groups in total. The normalized spacial score (nSPS) is 15.7. The first-order valence-electron chi connectivity index (χ1n) is 9.76. The van der Waals surface area contributed by atoms with Crippen LogP contribution in [0.2, 0.25) is 0 Å². The molecule has 0 saturated carbocycles. The van der Waals surface area contributed by atoms with Gasteiger partial charge in [0.15, 0.2) is 0 Å². The molecule has 0 spiro atoms. The molecule has 1 amide bonds. The maximum absolute atomic E-state index is 12.8. The van der Waals surface area contributed by atoms with E-state index in [-0.39, 0.29) is 17.5 Å². The van der Waals surface area contributed by atoms with Gasteiger partial charge in [0.25, 0.3) is 0 Å². The highest BCUT2D eigenvalue weighted by molar-refractivity contribution is 6.05. The highest BCUT2D eigenvalue weighted by Crippen LogP contribution is 2.38. The summed E-state index contributed by atoms with van der Waals surface area (Å²) in [6, 6.07) is 22.3. The van der Waals surface area contributed by atoms with Crippen molar-refractivity contribution in [2.45, 2.75) is 19.5 Å². The van der Waals surface area contributed by atoms with Gasteiger partial charge in [0.2, 0.25) is 5.91 Å². The lowest BCUT2D eigenvalue weighted by atomic mass is 10.0. The molecular weight excluding hydrogens is 378 g/mol. The third-order valence-corrected chi connectivity index (χ3v) is 5.42. The van der Waals surface area contributed by atoms with Crippen LogP contribution in [0.3, 0.4) is 0 Å². The monoisotopic (exact) mass is 401 g/mol. The molecule has 1 heterocycles. The number of carboxylic acids is 1. The molecule has 1 aliphatic heterocycles. The number of aromatic carboxylic acids is 1. The molecule has 0 aromatic heterocycles. The van der Waals surface area contributed by atoms with Gasteiger partial charge in [0, 0.05) is 25.0 Å². The topological polar surface area (TPSA) is 72.9 Å². The molecule has 6 heteroatoms. The van der Waals surface area contributed by atoms with E-state index in [1.165, 1.54) is 0 Å². The Bertz CT molecular complexity index is 1080. The summed E-state index contributed by atoms with van der Waals surface area (Å²) >= 11 is 0. The number of hydrogen-bond acceptors (Lipinski definition) is 4. The van der Waals surface area contributed by atoms with Gasteiger partial charge in [-0.3, -0.25) is 4.79 Å². The Morgan fingerprint density at radius 2 is 1.63 bits per heavy atom. The first-order chi connectivity index (χ1) is 14.4. The van der Waals surface area contributed by atoms with Crippen LogP contribution in [0.15, 0.2) is 72.8 Å². The quantitative estimate of drug-likeness (QED) is 0.659. The van der Waals surface area contributed by atoms with E-state index in [4.69, 9.17) is 5.11 Å². The maximum atomic E-state index is 12.8. The van der Waals surface area contributed by atoms with Crippen LogP contribution in [0.4, 0.5) is 22.7 Å². The van der Waals surface area contributed by atoms with Gasteiger partial charge in [-0.05, 0) is 55.0 Å². The number of rotatable bonds is 5. The van der Waals surface area contributed by atoms with Crippen LogP contribution in [0.5, 0.6) is 0 Å². The smallest absolute Gasteiger partial charge is 0.335 e. The minimum absolute atomic E-state index is 0.0587. The minimum Gasteiger partial charge on any atom is -0.478 e. The van der Waals surface area contributed by atoms with Crippen LogP contribution in [-0.2, 0) is 11.3 Å². The maximum Gasteiger partial charge on any atom is 0.335 e. The van der Waals surface area contributed by atoms with Crippen molar-refractivity contribution in [2.75, 3.05) is 22.2 Å². The first-order valence-corrected chi connectivity index (χ1v) is 9.76. The Hall–Kier alpha value is -3.80. The van der Waals surface area contributed by atoms with Crippen molar-refractivity contribution < 1.29 is 14.7 Å². The molecule has 0 aliphatic carbocycles. The summed E-state index contributed by atoms with van der Waals surface area (Å²) < 4.78 is 0. The summed E-state index contributed by atoms with van der Waals surface area (Å²) in [5.74, 6) is -0.892. The van der Waals surface area contributed by atoms with Crippen molar-refractivity contribution in [3.05, 3.63) is 83.9 Å². The molecule has 1 aliphatic rings. The molecule has 3 aromatic rings. The second-order valence-corrected chi connectivity index (χ2v) is 7.40. The number of carbonyl (C=O) groups excluding carboxylic acids is 1. The average Bonchev–Trinajstić information content (AvgIpc) is 2.76. The van der Waals surface area contributed by atoms with Crippen LogP contribution in [0, 0.1) is 0 Å². The zero-order chi connectivity index (χ0) is 21.3. The fourth-order valence-electron chi connectivity index (χ4n) is 3.72. The van der Waals surface area contributed by atoms with Gasteiger partial charge in [-0.2, -0.15) is 0 Å². The Labute approximate surface area is 175 Å². The highest BCUT2D eigenvalue weighted by Gasteiger charge is 2.33. The zero-order valence-electron chi connectivity index (χ0n) is 16.9. The molecule has 3 aromatic carbocycles. The fourth-order valence-corrected chi connectivity index (χ4v) is 3.72. The molecule has 0 saturated heterocycles. The molecule has 0 bridgehead atoms. The number of hydrogen-bond donors (Lipinski definition) is 2. The summed E-state index contributed by atoms with van der Waals surface area (Å²) in [4.78, 5) is 27.6. The summed E-state index contributed by atoms with van der Waals surface area (Å²) in [7, 11) is 1.80. The van der Waals surface area contributed by atoms with Crippen molar-refractivity contribution in [2.24, 2.45) is 0 Å². The summed E-state index contributed by atoms with van der Waals surface area (Å²) in [6.07, 6.45) is 0. The van der Waals surface area contributed by atoms with Crippen LogP contribution < -0.4 is 15.1 Å². The van der Waals surface area contributed by atoms with Crippen LogP contribution >= 0.6 is 0 Å². The number of anilines is 4. The molecule has 4 rings (SSSR count). The third-order valence-electron chi connectivity index (χ3n) is 5.42. The lowest BCUT2D eigenvalue weighted by molar-refractivity contribution is -0.119. The number of benzene rings is 3. The van der Waals surface area contributed by atoms with Crippen molar-refractivity contribution >= 4 is 34.6 Å². The van der Waals surface area contributed by atoms with Crippen molar-refractivity contribution in [3.8, 4) is 0 Å². The third kappa shape index (κ3) is 3.72. The van der Waals surface area contributed by atoms with Crippen LogP contribution in [0.1, 0.15) is 22.8 Å². The molecular formula is C24H23N3O3. The zero-order valence-corrected chi connectivity index (χ0v) is 16.9. The van der Waals surface area contributed by atoms with Crippen LogP contribution in [0.25, 0.3) is 0 Å². The number of carbonyl (C=O) groups is 2. The van der Waals surface area contributed by atoms with Gasteiger partial charge in [0.05, 0.1) is 16.9 Å². The predicted molar refractivity (Wildman–Crippen MR) is 119 cm³/mol. The lowest BCUT2D eigenvalue weighted by Gasteiger charge is -2.40. The summed E-state index contributed by atoms with van der Waals surface area (Å²) in [6.45, 7) is 2.56. The van der Waals surface area contributed by atoms with Crippen molar-refractivity contribution in [3.63, 3.8) is 0 Å². The molecule has 1 atom stereocenters. The van der Waals surface area contributed by atoms with Crippen molar-refractivity contribution in [1.29, 1.82) is 0 Å².